The van der Waals surface area contributed by atoms with E-state index >= 15 is 0 Å². The third-order valence-corrected chi connectivity index (χ3v) is 14.8. The van der Waals surface area contributed by atoms with Crippen molar-refractivity contribution in [3.8, 4) is 66.8 Å². The lowest BCUT2D eigenvalue weighted by Gasteiger charge is -2.18. The van der Waals surface area contributed by atoms with Crippen LogP contribution in [0.1, 0.15) is 0 Å². The molecule has 14 rings (SSSR count). The average molecular weight is 885 g/mol. The second-order valence-electron chi connectivity index (χ2n) is 18.8. The molecule has 0 radical (unpaired) electrons. The van der Waals surface area contributed by atoms with Crippen LogP contribution in [0.25, 0.3) is 142 Å². The zero-order valence-corrected chi connectivity index (χ0v) is 38.4. The van der Waals surface area contributed by atoms with Gasteiger partial charge in [0.25, 0.3) is 0 Å². The van der Waals surface area contributed by atoms with Gasteiger partial charge in [-0.25, -0.2) is 0 Å². The minimum Gasteiger partial charge on any atom is -0.0616 e. The Morgan fingerprint density at radius 1 is 0.143 bits per heavy atom. The molecule has 0 aliphatic carbocycles. The predicted octanol–water partition coefficient (Wildman–Crippen LogP) is 19.8. The van der Waals surface area contributed by atoms with Crippen molar-refractivity contribution in [2.45, 2.75) is 0 Å². The van der Waals surface area contributed by atoms with Crippen LogP contribution >= 0.6 is 0 Å². The van der Waals surface area contributed by atoms with Crippen molar-refractivity contribution in [1.29, 1.82) is 0 Å². The average Bonchev–Trinajstić information content (AvgIpc) is 3.43. The van der Waals surface area contributed by atoms with E-state index in [4.69, 9.17) is 0 Å². The van der Waals surface area contributed by atoms with Crippen molar-refractivity contribution >= 4 is 75.4 Å². The van der Waals surface area contributed by atoms with Gasteiger partial charge in [-0.3, -0.25) is 0 Å². The normalized spacial score (nSPS) is 11.7. The second kappa shape index (κ2) is 16.3. The molecule has 0 saturated carbocycles. The minimum absolute atomic E-state index is 1.20. The molecule has 0 heterocycles. The van der Waals surface area contributed by atoms with Crippen LogP contribution in [0.5, 0.6) is 0 Å². The summed E-state index contributed by atoms with van der Waals surface area (Å²) in [4.78, 5) is 0. The molecule has 0 atom stereocenters. The zero-order chi connectivity index (χ0) is 46.1. The molecule has 0 fully saturated rings. The molecule has 324 valence electrons. The number of benzene rings is 14. The number of hydrogen-bond acceptors (Lipinski definition) is 0. The lowest BCUT2D eigenvalue weighted by atomic mass is 9.85. The molecule has 0 amide bonds. The Morgan fingerprint density at radius 3 is 0.714 bits per heavy atom. The highest BCUT2D eigenvalue weighted by Gasteiger charge is 2.18. The van der Waals surface area contributed by atoms with Crippen LogP contribution in [-0.2, 0) is 0 Å². The standard InChI is InChI=1S/C70H44/c1-5-15-50-39-56(31-23-45(50)11-1)63-19-9-21-67-61(35-37-65(69(63)67)58-33-25-47-13-3-7-17-52(47)41-58)54-29-27-49-28-30-55(44-60(49)43-54)62-36-38-66(59-34-26-48-14-4-8-18-53(48)42-59)70-64(20-10-22-68(62)70)57-32-24-46-12-2-6-16-51(46)40-57/h1-44H. The summed E-state index contributed by atoms with van der Waals surface area (Å²) in [5.41, 5.74) is 14.6. The molecule has 0 spiro atoms. The van der Waals surface area contributed by atoms with Gasteiger partial charge in [0.2, 0.25) is 0 Å². The molecular formula is C70H44. The summed E-state index contributed by atoms with van der Waals surface area (Å²) in [6, 6.07) is 99.3. The van der Waals surface area contributed by atoms with E-state index in [2.05, 4.69) is 267 Å². The first kappa shape index (κ1) is 40.0. The summed E-state index contributed by atoms with van der Waals surface area (Å²) in [5.74, 6) is 0. The lowest BCUT2D eigenvalue weighted by molar-refractivity contribution is 1.63. The van der Waals surface area contributed by atoms with Gasteiger partial charge in [0, 0.05) is 0 Å². The third kappa shape index (κ3) is 6.76. The molecule has 0 aliphatic heterocycles. The molecule has 70 heavy (non-hydrogen) atoms. The monoisotopic (exact) mass is 884 g/mol. The van der Waals surface area contributed by atoms with E-state index in [-0.39, 0.29) is 0 Å². The van der Waals surface area contributed by atoms with E-state index < -0.39 is 0 Å². The van der Waals surface area contributed by atoms with Gasteiger partial charge in [-0.05, 0) is 179 Å². The molecule has 0 heteroatoms. The van der Waals surface area contributed by atoms with Crippen molar-refractivity contribution < 1.29 is 0 Å². The van der Waals surface area contributed by atoms with E-state index in [0.29, 0.717) is 0 Å². The first-order chi connectivity index (χ1) is 34.7. The van der Waals surface area contributed by atoms with Crippen molar-refractivity contribution in [3.05, 3.63) is 267 Å². The summed E-state index contributed by atoms with van der Waals surface area (Å²) in [5, 5.41) is 17.4. The van der Waals surface area contributed by atoms with Crippen LogP contribution in [0.2, 0.25) is 0 Å². The molecule has 14 aromatic rings. The highest BCUT2D eigenvalue weighted by molar-refractivity contribution is 6.15. The number of rotatable bonds is 6. The topological polar surface area (TPSA) is 0 Å². The van der Waals surface area contributed by atoms with Crippen molar-refractivity contribution in [3.63, 3.8) is 0 Å². The molecule has 0 nitrogen and oxygen atoms in total. The first-order valence-corrected chi connectivity index (χ1v) is 24.3. The first-order valence-electron chi connectivity index (χ1n) is 24.3. The minimum atomic E-state index is 1.20. The van der Waals surface area contributed by atoms with Crippen LogP contribution in [0.4, 0.5) is 0 Å². The summed E-state index contributed by atoms with van der Waals surface area (Å²) in [6.07, 6.45) is 0. The Hall–Kier alpha value is -9.10. The molecular weight excluding hydrogens is 841 g/mol. The second-order valence-corrected chi connectivity index (χ2v) is 18.8. The maximum Gasteiger partial charge on any atom is -0.00206 e. The fourth-order valence-electron chi connectivity index (χ4n) is 11.3. The SMILES string of the molecule is c1ccc2cc(-c3cccc4c(-c5ccc6ccc(-c7ccc(-c8ccc9ccccc9c8)c8c(-c9ccc%10ccccc%10c9)cccc78)cc6c5)ccc(-c5ccc6ccccc6c5)c34)ccc2c1. The largest absolute Gasteiger partial charge is 0.0616 e. The van der Waals surface area contributed by atoms with Gasteiger partial charge >= 0.3 is 0 Å². The van der Waals surface area contributed by atoms with E-state index in [0.717, 1.165) is 0 Å². The van der Waals surface area contributed by atoms with Gasteiger partial charge in [-0.15, -0.1) is 0 Å². The van der Waals surface area contributed by atoms with Gasteiger partial charge in [-0.2, -0.15) is 0 Å². The Labute approximate surface area is 407 Å². The highest BCUT2D eigenvalue weighted by Crippen LogP contribution is 2.45. The molecule has 0 aliphatic rings. The van der Waals surface area contributed by atoms with Gasteiger partial charge in [0.05, 0.1) is 0 Å². The smallest absolute Gasteiger partial charge is 0.00206 e. The van der Waals surface area contributed by atoms with Gasteiger partial charge in [0.15, 0.2) is 0 Å². The maximum absolute atomic E-state index is 2.40. The van der Waals surface area contributed by atoms with Crippen LogP contribution in [-0.4, -0.2) is 0 Å². The molecule has 0 bridgehead atoms. The van der Waals surface area contributed by atoms with E-state index in [1.165, 1.54) is 142 Å². The van der Waals surface area contributed by atoms with Crippen LogP contribution in [0, 0.1) is 0 Å². The van der Waals surface area contributed by atoms with Gasteiger partial charge in [0.1, 0.15) is 0 Å². The molecule has 14 aromatic carbocycles. The Kier molecular flexibility index (Phi) is 9.32. The fourth-order valence-corrected chi connectivity index (χ4v) is 11.3. The van der Waals surface area contributed by atoms with Crippen molar-refractivity contribution in [1.82, 2.24) is 0 Å². The Bertz CT molecular complexity index is 3970. The highest BCUT2D eigenvalue weighted by atomic mass is 14.2. The maximum atomic E-state index is 2.40. The quantitative estimate of drug-likeness (QED) is 0.156. The predicted molar refractivity (Wildman–Crippen MR) is 302 cm³/mol. The number of hydrogen-bond donors (Lipinski definition) is 0. The van der Waals surface area contributed by atoms with Gasteiger partial charge < -0.3 is 0 Å². The molecule has 0 unspecified atom stereocenters. The lowest BCUT2D eigenvalue weighted by Crippen LogP contribution is -1.91. The third-order valence-electron chi connectivity index (χ3n) is 14.8. The summed E-state index contributed by atoms with van der Waals surface area (Å²) in [7, 11) is 0. The van der Waals surface area contributed by atoms with Crippen LogP contribution in [0.3, 0.4) is 0 Å². The summed E-state index contributed by atoms with van der Waals surface area (Å²) in [6.45, 7) is 0. The molecule has 0 saturated heterocycles. The van der Waals surface area contributed by atoms with Crippen LogP contribution < -0.4 is 0 Å². The van der Waals surface area contributed by atoms with Gasteiger partial charge in [-0.1, -0.05) is 231 Å². The molecule has 0 aromatic heterocycles. The Morgan fingerprint density at radius 2 is 0.386 bits per heavy atom. The van der Waals surface area contributed by atoms with Crippen LogP contribution in [0.15, 0.2) is 267 Å². The summed E-state index contributed by atoms with van der Waals surface area (Å²) < 4.78 is 0. The Balaban J connectivity index is 0.945. The van der Waals surface area contributed by atoms with Crippen molar-refractivity contribution in [2.75, 3.05) is 0 Å². The van der Waals surface area contributed by atoms with E-state index in [9.17, 15) is 0 Å². The molecule has 0 N–H and O–H groups in total. The zero-order valence-electron chi connectivity index (χ0n) is 38.4. The van der Waals surface area contributed by atoms with E-state index in [1.54, 1.807) is 0 Å². The number of fused-ring (bicyclic) bond motifs is 7. The van der Waals surface area contributed by atoms with E-state index in [1.807, 2.05) is 0 Å². The fraction of sp³-hybridized carbons (Fsp3) is 0. The van der Waals surface area contributed by atoms with Crippen molar-refractivity contribution in [2.24, 2.45) is 0 Å². The summed E-state index contributed by atoms with van der Waals surface area (Å²) >= 11 is 0.